The Hall–Kier alpha value is -3.32. The first-order valence-electron chi connectivity index (χ1n) is 9.93. The summed E-state index contributed by atoms with van der Waals surface area (Å²) in [6.07, 6.45) is 0. The zero-order valence-electron chi connectivity index (χ0n) is 17.8. The molecule has 0 bridgehead atoms. The monoisotopic (exact) mass is 438 g/mol. The van der Waals surface area contributed by atoms with Gasteiger partial charge in [0.2, 0.25) is 0 Å². The zero-order valence-corrected chi connectivity index (χ0v) is 18.6. The maximum atomic E-state index is 12.8. The zero-order chi connectivity index (χ0) is 22.4. The van der Waals surface area contributed by atoms with E-state index in [2.05, 4.69) is 10.0 Å². The number of carbonyl (C=O) groups excluding carboxylic acids is 1. The van der Waals surface area contributed by atoms with Gasteiger partial charge in [-0.2, -0.15) is 0 Å². The lowest BCUT2D eigenvalue weighted by molar-refractivity contribution is 0.0926. The molecule has 2 N–H and O–H groups in total. The van der Waals surface area contributed by atoms with Gasteiger partial charge in [-0.1, -0.05) is 42.0 Å². The smallest absolute Gasteiger partial charge is 0.261 e. The molecular formula is C24H26N2O4S. The molecule has 7 heteroatoms. The van der Waals surface area contributed by atoms with E-state index >= 15 is 0 Å². The minimum absolute atomic E-state index is 0.0203. The van der Waals surface area contributed by atoms with Gasteiger partial charge < -0.3 is 10.1 Å². The Bertz CT molecular complexity index is 1160. The third kappa shape index (κ3) is 6.08. The molecule has 0 unspecified atom stereocenters. The second-order valence-electron chi connectivity index (χ2n) is 7.45. The van der Waals surface area contributed by atoms with Gasteiger partial charge in [-0.25, -0.2) is 8.42 Å². The number of rotatable bonds is 8. The van der Waals surface area contributed by atoms with Crippen LogP contribution in [0.3, 0.4) is 0 Å². The van der Waals surface area contributed by atoms with Gasteiger partial charge in [-0.3, -0.25) is 9.52 Å². The maximum absolute atomic E-state index is 12.8. The average Bonchev–Trinajstić information content (AvgIpc) is 2.75. The van der Waals surface area contributed by atoms with E-state index in [0.717, 1.165) is 16.9 Å². The highest BCUT2D eigenvalue weighted by atomic mass is 32.2. The van der Waals surface area contributed by atoms with Crippen LogP contribution in [0.4, 0.5) is 5.69 Å². The molecule has 0 spiro atoms. The molecule has 162 valence electrons. The van der Waals surface area contributed by atoms with Crippen molar-refractivity contribution in [2.45, 2.75) is 31.7 Å². The molecule has 0 heterocycles. The van der Waals surface area contributed by atoms with Crippen molar-refractivity contribution in [2.75, 3.05) is 11.3 Å². The summed E-state index contributed by atoms with van der Waals surface area (Å²) in [6, 6.07) is 20.5. The Morgan fingerprint density at radius 3 is 2.39 bits per heavy atom. The van der Waals surface area contributed by atoms with Crippen molar-refractivity contribution < 1.29 is 17.9 Å². The lowest BCUT2D eigenvalue weighted by Gasteiger charge is -2.16. The lowest BCUT2D eigenvalue weighted by atomic mass is 10.2. The van der Waals surface area contributed by atoms with E-state index in [1.807, 2.05) is 57.2 Å². The normalized spacial score (nSPS) is 12.1. The van der Waals surface area contributed by atoms with Crippen molar-refractivity contribution in [1.82, 2.24) is 5.32 Å². The number of carbonyl (C=O) groups is 1. The lowest BCUT2D eigenvalue weighted by Crippen LogP contribution is -2.36. The predicted molar refractivity (Wildman–Crippen MR) is 122 cm³/mol. The highest BCUT2D eigenvalue weighted by Crippen LogP contribution is 2.20. The summed E-state index contributed by atoms with van der Waals surface area (Å²) in [7, 11) is -3.82. The number of anilines is 1. The molecule has 31 heavy (non-hydrogen) atoms. The fourth-order valence-electron chi connectivity index (χ4n) is 2.90. The van der Waals surface area contributed by atoms with Crippen LogP contribution in [0.5, 0.6) is 5.75 Å². The van der Waals surface area contributed by atoms with E-state index in [9.17, 15) is 13.2 Å². The summed E-state index contributed by atoms with van der Waals surface area (Å²) in [5, 5.41) is 2.84. The molecule has 0 aliphatic rings. The van der Waals surface area contributed by atoms with Crippen LogP contribution in [-0.4, -0.2) is 27.0 Å². The van der Waals surface area contributed by atoms with Crippen molar-refractivity contribution in [3.8, 4) is 5.75 Å². The number of hydrogen-bond acceptors (Lipinski definition) is 4. The van der Waals surface area contributed by atoms with Crippen LogP contribution in [0.1, 0.15) is 28.4 Å². The number of hydrogen-bond donors (Lipinski definition) is 2. The number of benzene rings is 3. The topological polar surface area (TPSA) is 84.5 Å². The van der Waals surface area contributed by atoms with Crippen LogP contribution in [0.2, 0.25) is 0 Å². The molecule has 0 fully saturated rings. The van der Waals surface area contributed by atoms with Crippen molar-refractivity contribution in [2.24, 2.45) is 0 Å². The number of sulfonamides is 1. The van der Waals surface area contributed by atoms with Crippen molar-refractivity contribution in [1.29, 1.82) is 0 Å². The third-order valence-corrected chi connectivity index (χ3v) is 6.06. The first kappa shape index (κ1) is 22.4. The van der Waals surface area contributed by atoms with E-state index < -0.39 is 10.0 Å². The highest BCUT2D eigenvalue weighted by molar-refractivity contribution is 7.92. The minimum Gasteiger partial charge on any atom is -0.491 e. The molecule has 3 rings (SSSR count). The quantitative estimate of drug-likeness (QED) is 0.549. The maximum Gasteiger partial charge on any atom is 0.261 e. The number of amides is 1. The van der Waals surface area contributed by atoms with Gasteiger partial charge in [0.25, 0.3) is 15.9 Å². The number of nitrogens with one attached hydrogen (secondary N) is 2. The van der Waals surface area contributed by atoms with Gasteiger partial charge in [0.15, 0.2) is 0 Å². The van der Waals surface area contributed by atoms with Crippen molar-refractivity contribution in [3.63, 3.8) is 0 Å². The first-order chi connectivity index (χ1) is 14.7. The first-order valence-corrected chi connectivity index (χ1v) is 11.4. The Balaban J connectivity index is 1.65. The summed E-state index contributed by atoms with van der Waals surface area (Å²) in [5.41, 5.74) is 2.71. The van der Waals surface area contributed by atoms with Crippen LogP contribution in [0.25, 0.3) is 0 Å². The van der Waals surface area contributed by atoms with Gasteiger partial charge in [0, 0.05) is 5.56 Å². The van der Waals surface area contributed by atoms with Gasteiger partial charge in [-0.05, 0) is 62.7 Å². The average molecular weight is 439 g/mol. The third-order valence-electron chi connectivity index (χ3n) is 4.69. The van der Waals surface area contributed by atoms with E-state index in [1.54, 1.807) is 24.3 Å². The van der Waals surface area contributed by atoms with E-state index in [-0.39, 0.29) is 22.4 Å². The molecule has 0 saturated carbocycles. The van der Waals surface area contributed by atoms with E-state index in [4.69, 9.17) is 4.74 Å². The molecule has 0 radical (unpaired) electrons. The van der Waals surface area contributed by atoms with E-state index in [1.165, 1.54) is 12.1 Å². The summed E-state index contributed by atoms with van der Waals surface area (Å²) < 4.78 is 33.8. The second-order valence-corrected chi connectivity index (χ2v) is 9.13. The van der Waals surface area contributed by atoms with E-state index in [0.29, 0.717) is 12.3 Å². The predicted octanol–water partition coefficient (Wildman–Crippen LogP) is 4.30. The fraction of sp³-hybridized carbons (Fsp3) is 0.208. The van der Waals surface area contributed by atoms with Crippen LogP contribution in [0.15, 0.2) is 77.7 Å². The molecule has 6 nitrogen and oxygen atoms in total. The van der Waals surface area contributed by atoms with Crippen LogP contribution >= 0.6 is 0 Å². The standard InChI is InChI=1S/C24H26N2O4S/c1-17-11-13-21(14-12-17)30-16-19(3)25-24(27)20-8-6-9-22(15-20)31(28,29)26-23-10-5-4-7-18(23)2/h4-15,19,26H,16H2,1-3H3,(H,25,27)/t19-/m0/s1. The van der Waals surface area contributed by atoms with Gasteiger partial charge >= 0.3 is 0 Å². The molecule has 0 aromatic heterocycles. The largest absolute Gasteiger partial charge is 0.491 e. The SMILES string of the molecule is Cc1ccc(OC[C@H](C)NC(=O)c2cccc(S(=O)(=O)Nc3ccccc3C)c2)cc1. The molecule has 3 aromatic carbocycles. The Morgan fingerprint density at radius 2 is 1.68 bits per heavy atom. The fourth-order valence-corrected chi connectivity index (χ4v) is 4.08. The molecule has 0 aliphatic carbocycles. The van der Waals surface area contributed by atoms with Crippen molar-refractivity contribution in [3.05, 3.63) is 89.5 Å². The number of ether oxygens (including phenoxy) is 1. The summed E-state index contributed by atoms with van der Waals surface area (Å²) in [5.74, 6) is 0.356. The number of aryl methyl sites for hydroxylation is 2. The van der Waals surface area contributed by atoms with Crippen LogP contribution < -0.4 is 14.8 Å². The van der Waals surface area contributed by atoms with Gasteiger partial charge in [-0.15, -0.1) is 0 Å². The van der Waals surface area contributed by atoms with Crippen molar-refractivity contribution >= 4 is 21.6 Å². The van der Waals surface area contributed by atoms with Crippen LogP contribution in [0, 0.1) is 13.8 Å². The van der Waals surface area contributed by atoms with Gasteiger partial charge in [0.1, 0.15) is 12.4 Å². The minimum atomic E-state index is -3.82. The molecular weight excluding hydrogens is 412 g/mol. The highest BCUT2D eigenvalue weighted by Gasteiger charge is 2.18. The number of para-hydroxylation sites is 1. The molecule has 0 saturated heterocycles. The molecule has 0 aliphatic heterocycles. The molecule has 3 aromatic rings. The Morgan fingerprint density at radius 1 is 0.968 bits per heavy atom. The van der Waals surface area contributed by atoms with Crippen LogP contribution in [-0.2, 0) is 10.0 Å². The Kier molecular flexibility index (Phi) is 6.97. The van der Waals surface area contributed by atoms with Gasteiger partial charge in [0.05, 0.1) is 16.6 Å². The summed E-state index contributed by atoms with van der Waals surface area (Å²) >= 11 is 0. The molecule has 1 atom stereocenters. The Labute approximate surface area is 183 Å². The second kappa shape index (κ2) is 9.66. The summed E-state index contributed by atoms with van der Waals surface area (Å²) in [6.45, 7) is 5.94. The molecule has 1 amide bonds. The summed E-state index contributed by atoms with van der Waals surface area (Å²) in [4.78, 5) is 12.6.